The van der Waals surface area contributed by atoms with Gasteiger partial charge in [0.1, 0.15) is 18.4 Å². The van der Waals surface area contributed by atoms with Crippen LogP contribution in [0.15, 0.2) is 42.5 Å². The number of aryl methyl sites for hydroxylation is 2. The number of methoxy groups -OCH3 is 2. The Bertz CT molecular complexity index is 926. The molecule has 4 rings (SSSR count). The van der Waals surface area contributed by atoms with Gasteiger partial charge in [-0.1, -0.05) is 18.2 Å². The Morgan fingerprint density at radius 1 is 1.06 bits per heavy atom. The molecule has 0 unspecified atom stereocenters. The summed E-state index contributed by atoms with van der Waals surface area (Å²) >= 11 is 0. The minimum atomic E-state index is -0.720. The van der Waals surface area contributed by atoms with Gasteiger partial charge in [-0.3, -0.25) is 9.69 Å². The second kappa shape index (κ2) is 15.3. The zero-order valence-electron chi connectivity index (χ0n) is 21.5. The first-order valence-electron chi connectivity index (χ1n) is 12.8. The third-order valence-corrected chi connectivity index (χ3v) is 6.42. The lowest BCUT2D eigenvalue weighted by molar-refractivity contribution is -0.139. The number of rotatable bonds is 11. The van der Waals surface area contributed by atoms with Crippen LogP contribution in [0, 0.1) is 0 Å². The molecule has 0 bridgehead atoms. The summed E-state index contributed by atoms with van der Waals surface area (Å²) in [4.78, 5) is 12.5. The molecule has 2 aromatic rings. The molecule has 2 saturated heterocycles. The van der Waals surface area contributed by atoms with Gasteiger partial charge in [-0.15, -0.1) is 0 Å². The summed E-state index contributed by atoms with van der Waals surface area (Å²) in [6.45, 7) is 6.18. The van der Waals surface area contributed by atoms with Crippen LogP contribution in [0.5, 0.6) is 17.2 Å². The van der Waals surface area contributed by atoms with Crippen molar-refractivity contribution in [3.63, 3.8) is 0 Å². The maximum Gasteiger partial charge on any atom is 0.320 e. The van der Waals surface area contributed by atoms with Crippen molar-refractivity contribution in [1.82, 2.24) is 10.2 Å². The van der Waals surface area contributed by atoms with Crippen molar-refractivity contribution < 1.29 is 28.8 Å². The van der Waals surface area contributed by atoms with E-state index in [0.717, 1.165) is 95.4 Å². The van der Waals surface area contributed by atoms with Gasteiger partial charge < -0.3 is 29.4 Å². The van der Waals surface area contributed by atoms with E-state index in [9.17, 15) is 4.79 Å². The highest BCUT2D eigenvalue weighted by molar-refractivity contribution is 5.73. The van der Waals surface area contributed by atoms with Crippen molar-refractivity contribution >= 4 is 5.97 Å². The average molecular weight is 501 g/mol. The molecular formula is C28H40N2O6. The fourth-order valence-electron chi connectivity index (χ4n) is 4.34. The Labute approximate surface area is 214 Å². The SMILES string of the molecule is COc1ccc(CCCc2cccc(OCCN3CCOCC3)c2)cc1OC.O=C(O)[C@@H]1CCCN1. The van der Waals surface area contributed by atoms with E-state index in [-0.39, 0.29) is 6.04 Å². The fraction of sp³-hybridized carbons (Fsp3) is 0.536. The number of aliphatic carboxylic acids is 1. The first kappa shape index (κ1) is 27.8. The summed E-state index contributed by atoms with van der Waals surface area (Å²) in [6, 6.07) is 14.3. The van der Waals surface area contributed by atoms with Crippen LogP contribution in [0.1, 0.15) is 30.4 Å². The summed E-state index contributed by atoms with van der Waals surface area (Å²) < 4.78 is 22.0. The second-order valence-corrected chi connectivity index (χ2v) is 8.98. The third kappa shape index (κ3) is 9.33. The van der Waals surface area contributed by atoms with Gasteiger partial charge in [0.15, 0.2) is 11.5 Å². The number of morpholine rings is 1. The number of hydrogen-bond donors (Lipinski definition) is 2. The molecule has 0 aliphatic carbocycles. The molecule has 8 nitrogen and oxygen atoms in total. The van der Waals surface area contributed by atoms with E-state index in [4.69, 9.17) is 24.1 Å². The van der Waals surface area contributed by atoms with Crippen molar-refractivity contribution in [2.75, 3.05) is 60.2 Å². The first-order valence-corrected chi connectivity index (χ1v) is 12.8. The largest absolute Gasteiger partial charge is 0.493 e. The monoisotopic (exact) mass is 500 g/mol. The predicted octanol–water partition coefficient (Wildman–Crippen LogP) is 3.41. The van der Waals surface area contributed by atoms with Gasteiger partial charge in [-0.2, -0.15) is 0 Å². The van der Waals surface area contributed by atoms with Crippen LogP contribution in [-0.4, -0.2) is 82.2 Å². The van der Waals surface area contributed by atoms with Gasteiger partial charge in [0, 0.05) is 19.6 Å². The topological polar surface area (TPSA) is 89.5 Å². The molecule has 2 aliphatic heterocycles. The highest BCUT2D eigenvalue weighted by Gasteiger charge is 2.20. The minimum absolute atomic E-state index is 0.269. The van der Waals surface area contributed by atoms with Crippen LogP contribution < -0.4 is 19.5 Å². The molecule has 0 spiro atoms. The minimum Gasteiger partial charge on any atom is -0.493 e. The summed E-state index contributed by atoms with van der Waals surface area (Å²) in [5.41, 5.74) is 2.57. The first-order chi connectivity index (χ1) is 17.6. The Hall–Kier alpha value is -2.81. The molecule has 1 atom stereocenters. The summed E-state index contributed by atoms with van der Waals surface area (Å²) in [5, 5.41) is 11.2. The van der Waals surface area contributed by atoms with E-state index in [0.29, 0.717) is 0 Å². The number of hydrogen-bond acceptors (Lipinski definition) is 7. The molecule has 8 heteroatoms. The maximum absolute atomic E-state index is 10.1. The maximum atomic E-state index is 10.1. The molecule has 0 radical (unpaired) electrons. The van der Waals surface area contributed by atoms with E-state index >= 15 is 0 Å². The molecule has 36 heavy (non-hydrogen) atoms. The van der Waals surface area contributed by atoms with Gasteiger partial charge in [-0.05, 0) is 74.0 Å². The number of carbonyl (C=O) groups is 1. The molecule has 0 saturated carbocycles. The number of carboxylic acid groups (broad SMARTS) is 1. The predicted molar refractivity (Wildman–Crippen MR) is 139 cm³/mol. The fourth-order valence-corrected chi connectivity index (χ4v) is 4.34. The molecule has 2 heterocycles. The average Bonchev–Trinajstić information content (AvgIpc) is 3.46. The summed E-state index contributed by atoms with van der Waals surface area (Å²) in [7, 11) is 3.33. The van der Waals surface area contributed by atoms with Crippen molar-refractivity contribution in [2.24, 2.45) is 0 Å². The van der Waals surface area contributed by atoms with Gasteiger partial charge in [0.25, 0.3) is 0 Å². The molecule has 2 N–H and O–H groups in total. The highest BCUT2D eigenvalue weighted by atomic mass is 16.5. The molecule has 0 aromatic heterocycles. The summed E-state index contributed by atoms with van der Waals surface area (Å²) in [5.74, 6) is 1.79. The molecule has 2 aromatic carbocycles. The van der Waals surface area contributed by atoms with E-state index < -0.39 is 5.97 Å². The van der Waals surface area contributed by atoms with Gasteiger partial charge in [0.2, 0.25) is 0 Å². The van der Waals surface area contributed by atoms with Gasteiger partial charge in [-0.25, -0.2) is 0 Å². The van der Waals surface area contributed by atoms with Crippen LogP contribution in [0.3, 0.4) is 0 Å². The van der Waals surface area contributed by atoms with Gasteiger partial charge in [0.05, 0.1) is 27.4 Å². The lowest BCUT2D eigenvalue weighted by Crippen LogP contribution is -2.38. The van der Waals surface area contributed by atoms with Crippen LogP contribution in [0.2, 0.25) is 0 Å². The number of ether oxygens (including phenoxy) is 4. The van der Waals surface area contributed by atoms with Crippen LogP contribution >= 0.6 is 0 Å². The van der Waals surface area contributed by atoms with Crippen molar-refractivity contribution in [3.05, 3.63) is 53.6 Å². The van der Waals surface area contributed by atoms with E-state index in [2.05, 4.69) is 40.5 Å². The molecular weight excluding hydrogens is 460 g/mol. The Morgan fingerprint density at radius 2 is 1.81 bits per heavy atom. The zero-order valence-corrected chi connectivity index (χ0v) is 21.5. The number of nitrogens with one attached hydrogen (secondary N) is 1. The van der Waals surface area contributed by atoms with E-state index in [1.54, 1.807) is 14.2 Å². The Kier molecular flexibility index (Phi) is 11.8. The van der Waals surface area contributed by atoms with Crippen LogP contribution in [0.4, 0.5) is 0 Å². The lowest BCUT2D eigenvalue weighted by atomic mass is 10.0. The Balaban J connectivity index is 0.000000383. The van der Waals surface area contributed by atoms with E-state index in [1.165, 1.54) is 11.1 Å². The quantitative estimate of drug-likeness (QED) is 0.485. The molecule has 0 amide bonds. The zero-order chi connectivity index (χ0) is 25.6. The third-order valence-electron chi connectivity index (χ3n) is 6.42. The molecule has 198 valence electrons. The molecule has 2 aliphatic rings. The standard InChI is InChI=1S/C23H31NO4.C5H9NO2/c1-25-22-10-9-20(18-23(22)26-2)6-3-5-19-7-4-8-21(17-19)28-16-13-24-11-14-27-15-12-24;7-5(8)4-2-1-3-6-4/h4,7-10,17-18H,3,5-6,11-16H2,1-2H3;4,6H,1-3H2,(H,7,8)/t;4-/m.0/s1. The van der Waals surface area contributed by atoms with Gasteiger partial charge >= 0.3 is 5.97 Å². The van der Waals surface area contributed by atoms with Crippen LogP contribution in [-0.2, 0) is 22.4 Å². The number of carboxylic acids is 1. The summed E-state index contributed by atoms with van der Waals surface area (Å²) in [6.07, 6.45) is 4.89. The second-order valence-electron chi connectivity index (χ2n) is 8.98. The van der Waals surface area contributed by atoms with Crippen LogP contribution in [0.25, 0.3) is 0 Å². The smallest absolute Gasteiger partial charge is 0.320 e. The normalized spacial score (nSPS) is 17.7. The number of nitrogens with zero attached hydrogens (tertiary/aromatic N) is 1. The van der Waals surface area contributed by atoms with Crippen molar-refractivity contribution in [3.8, 4) is 17.2 Å². The number of benzene rings is 2. The molecule has 2 fully saturated rings. The lowest BCUT2D eigenvalue weighted by Gasteiger charge is -2.26. The highest BCUT2D eigenvalue weighted by Crippen LogP contribution is 2.28. The Morgan fingerprint density at radius 3 is 2.44 bits per heavy atom. The van der Waals surface area contributed by atoms with Crippen molar-refractivity contribution in [2.45, 2.75) is 38.1 Å². The van der Waals surface area contributed by atoms with E-state index in [1.807, 2.05) is 12.1 Å². The van der Waals surface area contributed by atoms with Crippen molar-refractivity contribution in [1.29, 1.82) is 0 Å².